The van der Waals surface area contributed by atoms with Crippen LogP contribution in [0.5, 0.6) is 0 Å². The van der Waals surface area contributed by atoms with Gasteiger partial charge in [-0.3, -0.25) is 0 Å². The lowest BCUT2D eigenvalue weighted by Gasteiger charge is -2.19. The number of urea groups is 1. The second-order valence-electron chi connectivity index (χ2n) is 6.10. The molecule has 4 nitrogen and oxygen atoms in total. The molecule has 0 aliphatic carbocycles. The molecule has 134 valence electrons. The predicted molar refractivity (Wildman–Crippen MR) is 111 cm³/mol. The van der Waals surface area contributed by atoms with Gasteiger partial charge in [-0.25, -0.2) is 4.79 Å². The van der Waals surface area contributed by atoms with Crippen LogP contribution in [0.15, 0.2) is 77.8 Å². The van der Waals surface area contributed by atoms with Crippen molar-refractivity contribution in [1.82, 2.24) is 0 Å². The number of fused-ring (bicyclic) bond motifs is 1. The van der Waals surface area contributed by atoms with E-state index in [-0.39, 0.29) is 0 Å². The molecular formula is C21H15Cl2N3O. The average Bonchev–Trinajstić information content (AvgIpc) is 3.01. The van der Waals surface area contributed by atoms with Gasteiger partial charge in [0.25, 0.3) is 0 Å². The van der Waals surface area contributed by atoms with E-state index in [1.165, 1.54) is 0 Å². The van der Waals surface area contributed by atoms with Crippen LogP contribution in [0.4, 0.5) is 16.2 Å². The Hall–Kier alpha value is -2.82. The van der Waals surface area contributed by atoms with Crippen LogP contribution in [-0.4, -0.2) is 11.9 Å². The van der Waals surface area contributed by atoms with E-state index < -0.39 is 6.03 Å². The molecule has 1 aliphatic rings. The van der Waals surface area contributed by atoms with Crippen LogP contribution in [0.25, 0.3) is 0 Å². The first kappa shape index (κ1) is 17.6. The van der Waals surface area contributed by atoms with Gasteiger partial charge in [0.2, 0.25) is 0 Å². The molecule has 0 fully saturated rings. The number of amides is 2. The van der Waals surface area contributed by atoms with Gasteiger partial charge in [-0.05, 0) is 48.0 Å². The third-order valence-electron chi connectivity index (χ3n) is 4.26. The molecule has 3 aromatic rings. The third-order valence-corrected chi connectivity index (χ3v) is 4.75. The molecule has 0 radical (unpaired) electrons. The zero-order chi connectivity index (χ0) is 18.8. The number of aliphatic imine (C=N–C) groups is 1. The van der Waals surface area contributed by atoms with Crippen molar-refractivity contribution in [2.24, 2.45) is 4.99 Å². The molecular weight excluding hydrogens is 381 g/mol. The van der Waals surface area contributed by atoms with E-state index in [9.17, 15) is 4.79 Å². The van der Waals surface area contributed by atoms with Crippen molar-refractivity contribution in [3.8, 4) is 0 Å². The highest BCUT2D eigenvalue weighted by atomic mass is 35.5. The summed E-state index contributed by atoms with van der Waals surface area (Å²) in [6.45, 7) is 0.640. The Morgan fingerprint density at radius 3 is 2.48 bits per heavy atom. The predicted octanol–water partition coefficient (Wildman–Crippen LogP) is 5.99. The molecule has 0 unspecified atom stereocenters. The minimum Gasteiger partial charge on any atom is -0.321 e. The summed E-state index contributed by atoms with van der Waals surface area (Å²) in [5.74, 6) is 0.604. The van der Waals surface area contributed by atoms with Gasteiger partial charge in [0.15, 0.2) is 0 Å². The maximum atomic E-state index is 12.5. The van der Waals surface area contributed by atoms with E-state index in [2.05, 4.69) is 10.3 Å². The van der Waals surface area contributed by atoms with E-state index in [1.54, 1.807) is 24.3 Å². The first-order valence-corrected chi connectivity index (χ1v) is 9.12. The van der Waals surface area contributed by atoms with Crippen LogP contribution >= 0.6 is 23.2 Å². The Morgan fingerprint density at radius 2 is 1.70 bits per heavy atom. The Balaban J connectivity index is 1.68. The van der Waals surface area contributed by atoms with E-state index in [1.807, 2.05) is 53.4 Å². The van der Waals surface area contributed by atoms with Crippen LogP contribution in [0.1, 0.15) is 11.1 Å². The van der Waals surface area contributed by atoms with Crippen molar-refractivity contribution < 1.29 is 4.79 Å². The summed E-state index contributed by atoms with van der Waals surface area (Å²) in [5, 5.41) is 3.97. The van der Waals surface area contributed by atoms with Gasteiger partial charge in [0.05, 0.1) is 6.54 Å². The van der Waals surface area contributed by atoms with Gasteiger partial charge in [0, 0.05) is 27.0 Å². The Labute approximate surface area is 167 Å². The molecule has 0 saturated carbocycles. The minimum absolute atomic E-state index is 0.456. The van der Waals surface area contributed by atoms with Crippen LogP contribution in [0, 0.1) is 0 Å². The number of hydrogen-bond donors (Lipinski definition) is 1. The molecule has 6 heteroatoms. The number of amidine groups is 1. The maximum Gasteiger partial charge on any atom is 0.347 e. The zero-order valence-corrected chi connectivity index (χ0v) is 15.7. The maximum absolute atomic E-state index is 12.5. The summed E-state index contributed by atoms with van der Waals surface area (Å²) in [6.07, 6.45) is 0. The number of nitrogens with zero attached hydrogens (tertiary/aromatic N) is 2. The minimum atomic E-state index is -0.456. The molecule has 0 saturated heterocycles. The molecule has 27 heavy (non-hydrogen) atoms. The molecule has 0 bridgehead atoms. The van der Waals surface area contributed by atoms with Crippen LogP contribution in [0.2, 0.25) is 10.0 Å². The standard InChI is InChI=1S/C21H15Cl2N3O/c22-15-8-10-18(11-9-15)26-13-14-4-1-2-7-19(14)20(26)25-21(27)24-17-6-3-5-16(23)12-17/h1-12H,13H2,(H,24,27)/b25-20+. The Morgan fingerprint density at radius 1 is 0.926 bits per heavy atom. The van der Waals surface area contributed by atoms with Crippen molar-refractivity contribution in [2.75, 3.05) is 10.2 Å². The number of hydrogen-bond acceptors (Lipinski definition) is 1. The lowest BCUT2D eigenvalue weighted by molar-refractivity contribution is 0.259. The van der Waals surface area contributed by atoms with Gasteiger partial charge in [-0.2, -0.15) is 4.99 Å². The quantitative estimate of drug-likeness (QED) is 0.578. The number of halogens is 2. The Bertz CT molecular complexity index is 1030. The van der Waals surface area contributed by atoms with Crippen LogP contribution < -0.4 is 10.2 Å². The molecule has 1 aliphatic heterocycles. The largest absolute Gasteiger partial charge is 0.347 e. The SMILES string of the molecule is O=C(/N=C1\c2ccccc2CN1c1ccc(Cl)cc1)Nc1cccc(Cl)c1. The Kier molecular flexibility index (Phi) is 4.84. The molecule has 1 N–H and O–H groups in total. The van der Waals surface area contributed by atoms with Crippen molar-refractivity contribution in [3.63, 3.8) is 0 Å². The fraction of sp³-hybridized carbons (Fsp3) is 0.0476. The van der Waals surface area contributed by atoms with Gasteiger partial charge in [-0.1, -0.05) is 53.5 Å². The topological polar surface area (TPSA) is 44.7 Å². The highest BCUT2D eigenvalue weighted by molar-refractivity contribution is 6.31. The number of benzene rings is 3. The monoisotopic (exact) mass is 395 g/mol. The van der Waals surface area contributed by atoms with E-state index in [4.69, 9.17) is 23.2 Å². The summed E-state index contributed by atoms with van der Waals surface area (Å²) in [7, 11) is 0. The second-order valence-corrected chi connectivity index (χ2v) is 6.97. The van der Waals surface area contributed by atoms with E-state index in [0.717, 1.165) is 16.8 Å². The van der Waals surface area contributed by atoms with Gasteiger partial charge in [-0.15, -0.1) is 0 Å². The van der Waals surface area contributed by atoms with Crippen molar-refractivity contribution >= 4 is 46.4 Å². The molecule has 1 heterocycles. The van der Waals surface area contributed by atoms with Crippen LogP contribution in [-0.2, 0) is 6.54 Å². The normalized spacial score (nSPS) is 14.3. The van der Waals surface area contributed by atoms with Crippen molar-refractivity contribution in [2.45, 2.75) is 6.54 Å². The number of anilines is 2. The second kappa shape index (κ2) is 7.43. The van der Waals surface area contributed by atoms with E-state index in [0.29, 0.717) is 28.1 Å². The fourth-order valence-corrected chi connectivity index (χ4v) is 3.35. The summed E-state index contributed by atoms with van der Waals surface area (Å²) in [6, 6.07) is 21.9. The number of rotatable bonds is 2. The lowest BCUT2D eigenvalue weighted by atomic mass is 10.1. The van der Waals surface area contributed by atoms with Gasteiger partial charge >= 0.3 is 6.03 Å². The van der Waals surface area contributed by atoms with Gasteiger partial charge in [0.1, 0.15) is 5.84 Å². The highest BCUT2D eigenvalue weighted by Gasteiger charge is 2.27. The summed E-state index contributed by atoms with van der Waals surface area (Å²) < 4.78 is 0. The average molecular weight is 396 g/mol. The molecule has 3 aromatic carbocycles. The molecule has 0 spiro atoms. The molecule has 2 amide bonds. The van der Waals surface area contributed by atoms with Gasteiger partial charge < -0.3 is 10.2 Å². The third kappa shape index (κ3) is 3.82. The molecule has 0 aromatic heterocycles. The smallest absolute Gasteiger partial charge is 0.321 e. The summed E-state index contributed by atoms with van der Waals surface area (Å²) in [5.41, 5.74) is 3.57. The summed E-state index contributed by atoms with van der Waals surface area (Å²) in [4.78, 5) is 18.9. The highest BCUT2D eigenvalue weighted by Crippen LogP contribution is 2.30. The first-order chi connectivity index (χ1) is 13.1. The molecule has 4 rings (SSSR count). The fourth-order valence-electron chi connectivity index (χ4n) is 3.04. The number of carbonyl (C=O) groups excluding carboxylic acids is 1. The zero-order valence-electron chi connectivity index (χ0n) is 14.2. The van der Waals surface area contributed by atoms with Crippen molar-refractivity contribution in [1.29, 1.82) is 0 Å². The van der Waals surface area contributed by atoms with E-state index >= 15 is 0 Å². The first-order valence-electron chi connectivity index (χ1n) is 8.37. The summed E-state index contributed by atoms with van der Waals surface area (Å²) >= 11 is 12.0. The number of carbonyl (C=O) groups is 1. The van der Waals surface area contributed by atoms with Crippen molar-refractivity contribution in [3.05, 3.63) is 94.0 Å². The lowest BCUT2D eigenvalue weighted by Crippen LogP contribution is -2.26. The number of nitrogens with one attached hydrogen (secondary N) is 1. The molecule has 0 atom stereocenters. The van der Waals surface area contributed by atoms with Crippen LogP contribution in [0.3, 0.4) is 0 Å².